The predicted molar refractivity (Wildman–Crippen MR) is 78.4 cm³/mol. The van der Waals surface area contributed by atoms with Crippen LogP contribution in [-0.2, 0) is 9.53 Å². The van der Waals surface area contributed by atoms with E-state index in [4.69, 9.17) is 10.6 Å². The van der Waals surface area contributed by atoms with Crippen LogP contribution in [0.5, 0.6) is 0 Å². The lowest BCUT2D eigenvalue weighted by molar-refractivity contribution is -0.151. The molecule has 0 bridgehead atoms. The molecule has 1 aliphatic rings. The van der Waals surface area contributed by atoms with Gasteiger partial charge < -0.3 is 10.2 Å². The van der Waals surface area contributed by atoms with Crippen molar-refractivity contribution in [3.05, 3.63) is 11.9 Å². The zero-order valence-electron chi connectivity index (χ0n) is 12.0. The number of thioether (sulfide) groups is 1. The van der Waals surface area contributed by atoms with Gasteiger partial charge in [0.2, 0.25) is 0 Å². The third-order valence-electron chi connectivity index (χ3n) is 2.57. The molecule has 1 aliphatic carbocycles. The minimum Gasteiger partial charge on any atom is -0.459 e. The Hall–Kier alpha value is -1.34. The van der Waals surface area contributed by atoms with Crippen LogP contribution in [0.1, 0.15) is 45.4 Å². The second kappa shape index (κ2) is 5.97. The summed E-state index contributed by atoms with van der Waals surface area (Å²) in [6.45, 7) is 5.55. The summed E-state index contributed by atoms with van der Waals surface area (Å²) in [5.41, 5.74) is 2.07. The minimum atomic E-state index is -0.466. The van der Waals surface area contributed by atoms with E-state index in [0.717, 1.165) is 23.7 Å². The largest absolute Gasteiger partial charge is 0.459 e. The van der Waals surface area contributed by atoms with Crippen molar-refractivity contribution in [3.63, 3.8) is 0 Å². The van der Waals surface area contributed by atoms with E-state index < -0.39 is 5.60 Å². The Morgan fingerprint density at radius 2 is 2.20 bits per heavy atom. The Labute approximate surface area is 122 Å². The second-order valence-corrected chi connectivity index (χ2v) is 6.74. The van der Waals surface area contributed by atoms with Crippen LogP contribution in [0.4, 0.5) is 5.82 Å². The van der Waals surface area contributed by atoms with Crippen LogP contribution in [0.25, 0.3) is 0 Å². The molecule has 6 nitrogen and oxygen atoms in total. The van der Waals surface area contributed by atoms with Crippen LogP contribution in [0.2, 0.25) is 0 Å². The molecule has 7 heteroatoms. The molecule has 1 saturated carbocycles. The molecular weight excluding hydrogens is 276 g/mol. The molecule has 0 unspecified atom stereocenters. The van der Waals surface area contributed by atoms with E-state index in [1.807, 2.05) is 20.8 Å². The zero-order valence-corrected chi connectivity index (χ0v) is 12.8. The average Bonchev–Trinajstić information content (AvgIpc) is 3.18. The number of carbonyl (C=O) groups is 1. The number of hydrazine groups is 1. The van der Waals surface area contributed by atoms with Crippen molar-refractivity contribution in [2.24, 2.45) is 5.84 Å². The third-order valence-corrected chi connectivity index (χ3v) is 3.45. The van der Waals surface area contributed by atoms with Crippen LogP contribution in [0.3, 0.4) is 0 Å². The molecule has 0 aliphatic heterocycles. The fourth-order valence-electron chi connectivity index (χ4n) is 1.62. The smallest absolute Gasteiger partial charge is 0.316 e. The number of nitrogens with two attached hydrogens (primary N) is 1. The monoisotopic (exact) mass is 296 g/mol. The number of rotatable bonds is 5. The molecule has 0 radical (unpaired) electrons. The summed E-state index contributed by atoms with van der Waals surface area (Å²) in [6.07, 6.45) is 2.23. The summed E-state index contributed by atoms with van der Waals surface area (Å²) in [7, 11) is 0. The average molecular weight is 296 g/mol. The van der Waals surface area contributed by atoms with Gasteiger partial charge in [-0.05, 0) is 33.6 Å². The van der Waals surface area contributed by atoms with Crippen LogP contribution in [0, 0.1) is 0 Å². The van der Waals surface area contributed by atoms with Gasteiger partial charge in [0.1, 0.15) is 22.3 Å². The number of carbonyl (C=O) groups excluding carboxylic acids is 1. The van der Waals surface area contributed by atoms with Crippen molar-refractivity contribution >= 4 is 23.5 Å². The third kappa shape index (κ3) is 4.64. The highest BCUT2D eigenvalue weighted by atomic mass is 32.2. The van der Waals surface area contributed by atoms with E-state index in [-0.39, 0.29) is 11.7 Å². The van der Waals surface area contributed by atoms with Gasteiger partial charge in [-0.15, -0.1) is 0 Å². The Morgan fingerprint density at radius 3 is 2.75 bits per heavy atom. The van der Waals surface area contributed by atoms with Crippen LogP contribution >= 0.6 is 11.8 Å². The summed E-state index contributed by atoms with van der Waals surface area (Å²) in [5.74, 6) is 7.19. The molecule has 0 saturated heterocycles. The number of ether oxygens (including phenoxy) is 1. The van der Waals surface area contributed by atoms with Crippen molar-refractivity contribution in [3.8, 4) is 0 Å². The maximum atomic E-state index is 11.7. The first kappa shape index (κ1) is 15.1. The van der Waals surface area contributed by atoms with Gasteiger partial charge in [0, 0.05) is 12.0 Å². The highest BCUT2D eigenvalue weighted by molar-refractivity contribution is 7.99. The first-order valence-corrected chi connectivity index (χ1v) is 7.56. The van der Waals surface area contributed by atoms with Gasteiger partial charge in [0.15, 0.2) is 0 Å². The summed E-state index contributed by atoms with van der Waals surface area (Å²) >= 11 is 1.34. The van der Waals surface area contributed by atoms with Crippen molar-refractivity contribution in [1.29, 1.82) is 0 Å². The van der Waals surface area contributed by atoms with E-state index in [1.54, 1.807) is 6.07 Å². The molecule has 0 spiro atoms. The van der Waals surface area contributed by atoms with Gasteiger partial charge >= 0.3 is 5.97 Å². The predicted octanol–water partition coefficient (Wildman–Crippen LogP) is 2.07. The van der Waals surface area contributed by atoms with Crippen LogP contribution in [-0.4, -0.2) is 27.3 Å². The van der Waals surface area contributed by atoms with Gasteiger partial charge in [-0.25, -0.2) is 15.8 Å². The lowest BCUT2D eigenvalue weighted by Crippen LogP contribution is -2.25. The number of nitrogens with zero attached hydrogens (tertiary/aromatic N) is 2. The molecule has 1 heterocycles. The van der Waals surface area contributed by atoms with Crippen molar-refractivity contribution in [1.82, 2.24) is 9.97 Å². The molecule has 0 atom stereocenters. The first-order chi connectivity index (χ1) is 9.37. The highest BCUT2D eigenvalue weighted by Crippen LogP contribution is 2.39. The maximum absolute atomic E-state index is 11.7. The summed E-state index contributed by atoms with van der Waals surface area (Å²) in [4.78, 5) is 20.5. The number of nitrogens with one attached hydrogen (secondary N) is 1. The second-order valence-electron chi connectivity index (χ2n) is 5.74. The lowest BCUT2D eigenvalue weighted by Gasteiger charge is -2.19. The number of nitrogen functional groups attached to an aromatic ring is 1. The quantitative estimate of drug-likeness (QED) is 0.282. The first-order valence-electron chi connectivity index (χ1n) is 6.57. The molecule has 20 heavy (non-hydrogen) atoms. The van der Waals surface area contributed by atoms with Gasteiger partial charge in [0.05, 0.1) is 5.75 Å². The van der Waals surface area contributed by atoms with E-state index in [9.17, 15) is 4.79 Å². The lowest BCUT2D eigenvalue weighted by atomic mass is 10.2. The number of aromatic nitrogens is 2. The Morgan fingerprint density at radius 1 is 1.50 bits per heavy atom. The van der Waals surface area contributed by atoms with Crippen LogP contribution < -0.4 is 11.3 Å². The molecule has 110 valence electrons. The van der Waals surface area contributed by atoms with E-state index in [2.05, 4.69) is 15.4 Å². The minimum absolute atomic E-state index is 0.225. The molecule has 0 amide bonds. The molecule has 3 N–H and O–H groups in total. The Kier molecular flexibility index (Phi) is 4.49. The SMILES string of the molecule is CC(C)(C)OC(=O)CSc1cc(NN)nc(C2CC2)n1. The number of anilines is 1. The van der Waals surface area contributed by atoms with Crippen molar-refractivity contribution in [2.75, 3.05) is 11.2 Å². The van der Waals surface area contributed by atoms with Crippen LogP contribution in [0.15, 0.2) is 11.1 Å². The maximum Gasteiger partial charge on any atom is 0.316 e. The van der Waals surface area contributed by atoms with Gasteiger partial charge in [-0.1, -0.05) is 11.8 Å². The highest BCUT2D eigenvalue weighted by Gasteiger charge is 2.27. The summed E-state index contributed by atoms with van der Waals surface area (Å²) < 4.78 is 5.26. The molecule has 2 rings (SSSR count). The Balaban J connectivity index is 1.98. The van der Waals surface area contributed by atoms with E-state index in [0.29, 0.717) is 11.7 Å². The van der Waals surface area contributed by atoms with Crippen molar-refractivity contribution in [2.45, 2.75) is 50.2 Å². The summed E-state index contributed by atoms with van der Waals surface area (Å²) in [6, 6.07) is 1.74. The zero-order chi connectivity index (χ0) is 14.8. The van der Waals surface area contributed by atoms with Crippen molar-refractivity contribution < 1.29 is 9.53 Å². The fourth-order valence-corrected chi connectivity index (χ4v) is 2.30. The summed E-state index contributed by atoms with van der Waals surface area (Å²) in [5, 5.41) is 0.737. The van der Waals surface area contributed by atoms with Gasteiger partial charge in [-0.3, -0.25) is 4.79 Å². The molecule has 0 aromatic carbocycles. The molecule has 1 fully saturated rings. The number of hydrogen-bond acceptors (Lipinski definition) is 7. The molecule has 1 aromatic heterocycles. The number of hydrogen-bond donors (Lipinski definition) is 2. The topological polar surface area (TPSA) is 90.1 Å². The normalized spacial score (nSPS) is 15.0. The standard InChI is InChI=1S/C13H20N4O2S/c1-13(2,3)19-11(18)7-20-10-6-9(17-14)15-12(16-10)8-4-5-8/h6,8H,4-5,7,14H2,1-3H3,(H,15,16,17). The molecule has 1 aromatic rings. The number of esters is 1. The molecular formula is C13H20N4O2S. The fraction of sp³-hybridized carbons (Fsp3) is 0.615. The Bertz CT molecular complexity index is 498. The van der Waals surface area contributed by atoms with Gasteiger partial charge in [0.25, 0.3) is 0 Å². The van der Waals surface area contributed by atoms with E-state index >= 15 is 0 Å². The van der Waals surface area contributed by atoms with E-state index in [1.165, 1.54) is 11.8 Å². The van der Waals surface area contributed by atoms with Gasteiger partial charge in [-0.2, -0.15) is 0 Å².